The zero-order chi connectivity index (χ0) is 23.3. The molecule has 0 unspecified atom stereocenters. The van der Waals surface area contributed by atoms with Gasteiger partial charge in [0.1, 0.15) is 0 Å². The van der Waals surface area contributed by atoms with Crippen molar-refractivity contribution >= 4 is 28.1 Å². The first kappa shape index (κ1) is 22.8. The average Bonchev–Trinajstić information content (AvgIpc) is 3.43. The molecule has 0 saturated carbocycles. The molecule has 1 amide bonds. The number of likely N-dealkylation sites (N-methyl/N-ethyl adjacent to an activating group) is 1. The van der Waals surface area contributed by atoms with Crippen molar-refractivity contribution in [3.05, 3.63) is 100 Å². The molecule has 3 heterocycles. The lowest BCUT2D eigenvalue weighted by molar-refractivity contribution is 0.0590. The first-order valence-corrected chi connectivity index (χ1v) is 13.0. The third kappa shape index (κ3) is 5.06. The van der Waals surface area contributed by atoms with Gasteiger partial charge in [0.05, 0.1) is 10.4 Å². The number of carbonyl (C=O) groups excluding carboxylic acids is 1. The fourth-order valence-electron chi connectivity index (χ4n) is 5.23. The van der Waals surface area contributed by atoms with Gasteiger partial charge in [-0.1, -0.05) is 54.6 Å². The summed E-state index contributed by atoms with van der Waals surface area (Å²) in [6.07, 6.45) is 5.02. The number of hydrogen-bond donors (Lipinski definition) is 0. The van der Waals surface area contributed by atoms with Crippen molar-refractivity contribution < 1.29 is 4.79 Å². The molecule has 0 aliphatic carbocycles. The van der Waals surface area contributed by atoms with Crippen molar-refractivity contribution in [2.24, 2.45) is 5.92 Å². The highest BCUT2D eigenvalue weighted by molar-refractivity contribution is 7.12. The van der Waals surface area contributed by atoms with E-state index in [9.17, 15) is 4.79 Å². The van der Waals surface area contributed by atoms with Crippen molar-refractivity contribution in [2.75, 3.05) is 20.1 Å². The molecule has 0 N–H and O–H groups in total. The maximum Gasteiger partial charge on any atom is 0.263 e. The van der Waals surface area contributed by atoms with E-state index in [4.69, 9.17) is 0 Å². The minimum Gasteiger partial charge on any atom is -0.337 e. The number of para-hydroxylation sites is 1. The number of piperidine rings is 1. The zero-order valence-electron chi connectivity index (χ0n) is 19.6. The summed E-state index contributed by atoms with van der Waals surface area (Å²) in [7, 11) is 1.99. The molecule has 4 nitrogen and oxygen atoms in total. The fourth-order valence-corrected chi connectivity index (χ4v) is 5.94. The number of likely N-dealkylation sites (tertiary alicyclic amines) is 1. The van der Waals surface area contributed by atoms with Crippen LogP contribution in [0.15, 0.2) is 84.4 Å². The second kappa shape index (κ2) is 10.5. The van der Waals surface area contributed by atoms with Crippen molar-refractivity contribution in [1.29, 1.82) is 0 Å². The first-order valence-electron chi connectivity index (χ1n) is 12.1. The maximum atomic E-state index is 13.2. The molecule has 0 spiro atoms. The maximum absolute atomic E-state index is 13.2. The van der Waals surface area contributed by atoms with Crippen LogP contribution in [0.3, 0.4) is 0 Å². The normalized spacial score (nSPS) is 15.9. The number of nitrogens with zero attached hydrogens (tertiary/aromatic N) is 3. The summed E-state index contributed by atoms with van der Waals surface area (Å²) in [4.78, 5) is 23.1. The van der Waals surface area contributed by atoms with E-state index in [1.807, 2.05) is 41.7 Å². The van der Waals surface area contributed by atoms with Gasteiger partial charge in [0.25, 0.3) is 5.91 Å². The van der Waals surface area contributed by atoms with Crippen LogP contribution in [0, 0.1) is 5.92 Å². The van der Waals surface area contributed by atoms with Gasteiger partial charge in [0, 0.05) is 31.2 Å². The third-order valence-corrected chi connectivity index (χ3v) is 8.00. The van der Waals surface area contributed by atoms with Crippen LogP contribution in [0.25, 0.3) is 10.9 Å². The summed E-state index contributed by atoms with van der Waals surface area (Å²) in [6, 6.07) is 25.2. The SMILES string of the molecule is CN(C(=O)c1cccs1)[C@@H](Cc1ccccc1)C1CCN(Cc2ccnc3ccccc23)CC1. The molecular weight excluding hydrogens is 438 g/mol. The molecule has 1 atom stereocenters. The van der Waals surface area contributed by atoms with Crippen molar-refractivity contribution in [2.45, 2.75) is 31.8 Å². The molecule has 0 radical (unpaired) electrons. The molecular formula is C29H31N3OS. The Morgan fingerprint density at radius 2 is 1.79 bits per heavy atom. The van der Waals surface area contributed by atoms with E-state index in [2.05, 4.69) is 64.5 Å². The van der Waals surface area contributed by atoms with Gasteiger partial charge < -0.3 is 4.90 Å². The highest BCUT2D eigenvalue weighted by Gasteiger charge is 2.32. The van der Waals surface area contributed by atoms with Crippen LogP contribution in [-0.2, 0) is 13.0 Å². The van der Waals surface area contributed by atoms with Gasteiger partial charge >= 0.3 is 0 Å². The van der Waals surface area contributed by atoms with E-state index in [0.717, 1.165) is 49.3 Å². The summed E-state index contributed by atoms with van der Waals surface area (Å²) in [5, 5.41) is 3.23. The Bertz CT molecular complexity index is 1210. The van der Waals surface area contributed by atoms with Gasteiger partial charge in [0.15, 0.2) is 0 Å². The summed E-state index contributed by atoms with van der Waals surface area (Å²) in [5.74, 6) is 0.626. The van der Waals surface area contributed by atoms with Crippen LogP contribution < -0.4 is 0 Å². The number of rotatable bonds is 7. The smallest absolute Gasteiger partial charge is 0.263 e. The highest BCUT2D eigenvalue weighted by atomic mass is 32.1. The number of amides is 1. The second-order valence-electron chi connectivity index (χ2n) is 9.25. The summed E-state index contributed by atoms with van der Waals surface area (Å²) < 4.78 is 0. The summed E-state index contributed by atoms with van der Waals surface area (Å²) in [5.41, 5.74) is 3.70. The van der Waals surface area contributed by atoms with E-state index in [-0.39, 0.29) is 11.9 Å². The molecule has 174 valence electrons. The standard InChI is InChI=1S/C29H31N3OS/c1-31(29(33)28-12-7-19-34-28)27(20-22-8-3-2-4-9-22)23-14-17-32(18-15-23)21-24-13-16-30-26-11-6-5-10-25(24)26/h2-13,16,19,23,27H,14-15,17-18,20-21H2,1H3/t27-/m0/s1. The van der Waals surface area contributed by atoms with Crippen LogP contribution in [-0.4, -0.2) is 46.9 Å². The van der Waals surface area contributed by atoms with Crippen LogP contribution >= 0.6 is 11.3 Å². The predicted molar refractivity (Wildman–Crippen MR) is 140 cm³/mol. The Labute approximate surface area is 205 Å². The minimum absolute atomic E-state index is 0.140. The number of benzene rings is 2. The lowest BCUT2D eigenvalue weighted by Gasteiger charge is -2.40. The number of fused-ring (bicyclic) bond motifs is 1. The molecule has 4 aromatic rings. The summed E-state index contributed by atoms with van der Waals surface area (Å²) >= 11 is 1.53. The Morgan fingerprint density at radius 1 is 1.03 bits per heavy atom. The summed E-state index contributed by atoms with van der Waals surface area (Å²) in [6.45, 7) is 3.05. The predicted octanol–water partition coefficient (Wildman–Crippen LogP) is 5.89. The van der Waals surface area contributed by atoms with E-state index < -0.39 is 0 Å². The lowest BCUT2D eigenvalue weighted by atomic mass is 9.84. The van der Waals surface area contributed by atoms with Crippen LogP contribution in [0.5, 0.6) is 0 Å². The van der Waals surface area contributed by atoms with Gasteiger partial charge in [0.2, 0.25) is 0 Å². The van der Waals surface area contributed by atoms with Gasteiger partial charge in [-0.3, -0.25) is 14.7 Å². The van der Waals surface area contributed by atoms with Gasteiger partial charge in [-0.2, -0.15) is 0 Å². The van der Waals surface area contributed by atoms with Crippen molar-refractivity contribution in [1.82, 2.24) is 14.8 Å². The van der Waals surface area contributed by atoms with E-state index >= 15 is 0 Å². The van der Waals surface area contributed by atoms with E-state index in [1.54, 1.807) is 0 Å². The lowest BCUT2D eigenvalue weighted by Crippen LogP contribution is -2.47. The number of hydrogen-bond acceptors (Lipinski definition) is 4. The molecule has 34 heavy (non-hydrogen) atoms. The number of carbonyl (C=O) groups is 1. The van der Waals surface area contributed by atoms with Crippen molar-refractivity contribution in [3.63, 3.8) is 0 Å². The zero-order valence-corrected chi connectivity index (χ0v) is 20.5. The number of thiophene rings is 1. The Balaban J connectivity index is 1.29. The second-order valence-corrected chi connectivity index (χ2v) is 10.2. The van der Waals surface area contributed by atoms with E-state index in [1.165, 1.54) is 27.8 Å². The molecule has 1 fully saturated rings. The molecule has 1 aliphatic rings. The largest absolute Gasteiger partial charge is 0.337 e. The molecule has 5 heteroatoms. The molecule has 5 rings (SSSR count). The first-order chi connectivity index (χ1) is 16.7. The third-order valence-electron chi connectivity index (χ3n) is 7.15. The monoisotopic (exact) mass is 469 g/mol. The quantitative estimate of drug-likeness (QED) is 0.339. The molecule has 0 bridgehead atoms. The van der Waals surface area contributed by atoms with Crippen LogP contribution in [0.4, 0.5) is 0 Å². The van der Waals surface area contributed by atoms with Crippen LogP contribution in [0.2, 0.25) is 0 Å². The number of pyridine rings is 1. The number of aromatic nitrogens is 1. The average molecular weight is 470 g/mol. The van der Waals surface area contributed by atoms with Gasteiger partial charge in [-0.15, -0.1) is 11.3 Å². The Hall–Kier alpha value is -3.02. The van der Waals surface area contributed by atoms with Crippen molar-refractivity contribution in [3.8, 4) is 0 Å². The van der Waals surface area contributed by atoms with Gasteiger partial charge in [-0.25, -0.2) is 0 Å². The van der Waals surface area contributed by atoms with Gasteiger partial charge in [-0.05, 0) is 73.0 Å². The fraction of sp³-hybridized carbons (Fsp3) is 0.310. The van der Waals surface area contributed by atoms with E-state index in [0.29, 0.717) is 5.92 Å². The Morgan fingerprint density at radius 3 is 2.56 bits per heavy atom. The topological polar surface area (TPSA) is 36.4 Å². The molecule has 2 aromatic heterocycles. The van der Waals surface area contributed by atoms with Crippen LogP contribution in [0.1, 0.15) is 33.6 Å². The molecule has 1 aliphatic heterocycles. The molecule has 2 aromatic carbocycles. The Kier molecular flexibility index (Phi) is 7.02. The minimum atomic E-state index is 0.140. The highest BCUT2D eigenvalue weighted by Crippen LogP contribution is 2.29. The molecule has 1 saturated heterocycles.